The monoisotopic (exact) mass is 559 g/mol. The van der Waals surface area contributed by atoms with Crippen LogP contribution in [0.3, 0.4) is 0 Å². The van der Waals surface area contributed by atoms with E-state index in [1.165, 1.54) is 48.5 Å². The zero-order chi connectivity index (χ0) is 27.3. The third-order valence-corrected chi connectivity index (χ3v) is 8.87. The van der Waals surface area contributed by atoms with Crippen molar-refractivity contribution in [2.75, 3.05) is 36.9 Å². The number of hydrogen-bond donors (Lipinski definition) is 1. The molecule has 2 saturated heterocycles. The minimum Gasteiger partial charge on any atom is -0.371 e. The second kappa shape index (κ2) is 9.83. The van der Waals surface area contributed by atoms with E-state index in [2.05, 4.69) is 57.3 Å². The van der Waals surface area contributed by atoms with E-state index in [1.54, 1.807) is 18.2 Å². The molecule has 4 heterocycles. The highest BCUT2D eigenvalue weighted by Crippen LogP contribution is 2.40. The molecule has 4 aromatic rings. The van der Waals surface area contributed by atoms with E-state index >= 15 is 0 Å². The van der Waals surface area contributed by atoms with Crippen molar-refractivity contribution in [2.45, 2.75) is 31.7 Å². The predicted octanol–water partition coefficient (Wildman–Crippen LogP) is 5.69. The number of aromatic nitrogens is 3. The number of anilines is 3. The Morgan fingerprint density at radius 3 is 2.41 bits per heavy atom. The molecule has 0 unspecified atom stereocenters. The summed E-state index contributed by atoms with van der Waals surface area (Å²) in [5, 5.41) is 13.9. The molecule has 198 valence electrons. The third-order valence-electron chi connectivity index (χ3n) is 8.26. The minimum absolute atomic E-state index is 0.196. The summed E-state index contributed by atoms with van der Waals surface area (Å²) in [6.07, 6.45) is 6.54. The van der Waals surface area contributed by atoms with Gasteiger partial charge in [0.25, 0.3) is 5.56 Å². The average Bonchev–Trinajstić information content (AvgIpc) is 2.93. The van der Waals surface area contributed by atoms with Crippen LogP contribution < -0.4 is 15.8 Å². The van der Waals surface area contributed by atoms with Gasteiger partial charge in [-0.2, -0.15) is 5.26 Å². The highest BCUT2D eigenvalue weighted by atomic mass is 35.5. The van der Waals surface area contributed by atoms with Crippen LogP contribution >= 0.6 is 23.2 Å². The van der Waals surface area contributed by atoms with Gasteiger partial charge in [-0.25, -0.2) is 9.97 Å². The topological polar surface area (TPSA) is 90.1 Å². The summed E-state index contributed by atoms with van der Waals surface area (Å²) < 4.78 is 1.27. The fourth-order valence-corrected chi connectivity index (χ4v) is 6.39. The molecule has 2 fully saturated rings. The second-order valence-corrected chi connectivity index (χ2v) is 11.2. The molecule has 10 heteroatoms. The number of nitriles is 1. The van der Waals surface area contributed by atoms with Gasteiger partial charge in [-0.1, -0.05) is 29.3 Å². The number of nitrogens with zero attached hydrogens (tertiary/aromatic N) is 6. The Morgan fingerprint density at radius 1 is 1.08 bits per heavy atom. The number of likely N-dealkylation sites (tertiary alicyclic amines) is 1. The van der Waals surface area contributed by atoms with Gasteiger partial charge in [0.15, 0.2) is 0 Å². The van der Waals surface area contributed by atoms with Crippen molar-refractivity contribution in [1.29, 1.82) is 5.26 Å². The number of aryl methyl sites for hydroxylation is 1. The van der Waals surface area contributed by atoms with Gasteiger partial charge in [-0.3, -0.25) is 9.36 Å². The Hall–Kier alpha value is -3.64. The van der Waals surface area contributed by atoms with Crippen LogP contribution in [0, 0.1) is 18.3 Å². The summed E-state index contributed by atoms with van der Waals surface area (Å²) in [7, 11) is 2.24. The number of piperidine rings is 1. The lowest BCUT2D eigenvalue weighted by molar-refractivity contribution is -0.00916. The zero-order valence-corrected chi connectivity index (χ0v) is 23.2. The molecule has 0 bridgehead atoms. The van der Waals surface area contributed by atoms with Crippen molar-refractivity contribution in [2.24, 2.45) is 0 Å². The highest BCUT2D eigenvalue weighted by molar-refractivity contribution is 6.37. The number of benzene rings is 2. The lowest BCUT2D eigenvalue weighted by Crippen LogP contribution is -2.62. The first kappa shape index (κ1) is 25.6. The predicted molar refractivity (Wildman–Crippen MR) is 156 cm³/mol. The maximum atomic E-state index is 13.3. The number of para-hydroxylation sites is 1. The van der Waals surface area contributed by atoms with Gasteiger partial charge in [0, 0.05) is 48.9 Å². The first-order chi connectivity index (χ1) is 18.8. The molecule has 0 saturated carbocycles. The van der Waals surface area contributed by atoms with Crippen LogP contribution in [0.25, 0.3) is 16.6 Å². The molecule has 0 radical (unpaired) electrons. The Kier molecular flexibility index (Phi) is 6.46. The zero-order valence-electron chi connectivity index (χ0n) is 21.7. The molecule has 1 spiro atoms. The van der Waals surface area contributed by atoms with Crippen molar-refractivity contribution in [3.8, 4) is 11.8 Å². The molecule has 0 amide bonds. The number of hydrogen-bond acceptors (Lipinski definition) is 7. The molecule has 6 rings (SSSR count). The van der Waals surface area contributed by atoms with Crippen molar-refractivity contribution in [3.63, 3.8) is 0 Å². The third kappa shape index (κ3) is 4.41. The molecule has 8 nitrogen and oxygen atoms in total. The smallest absolute Gasteiger partial charge is 0.266 e. The Bertz CT molecular complexity index is 1680. The molecule has 2 aliphatic rings. The quantitative estimate of drug-likeness (QED) is 0.343. The maximum Gasteiger partial charge on any atom is 0.266 e. The average molecular weight is 560 g/mol. The minimum atomic E-state index is -0.415. The highest BCUT2D eigenvalue weighted by Gasteiger charge is 2.44. The van der Waals surface area contributed by atoms with Gasteiger partial charge in [-0.05, 0) is 69.1 Å². The first-order valence-electron chi connectivity index (χ1n) is 12.9. The fourth-order valence-electron chi connectivity index (χ4n) is 5.81. The van der Waals surface area contributed by atoms with Crippen molar-refractivity contribution >= 4 is 51.4 Å². The number of halogens is 2. The van der Waals surface area contributed by atoms with Gasteiger partial charge in [0.2, 0.25) is 5.95 Å². The molecule has 2 aromatic heterocycles. The largest absolute Gasteiger partial charge is 0.371 e. The molecule has 2 aromatic carbocycles. The van der Waals surface area contributed by atoms with E-state index in [1.807, 2.05) is 6.07 Å². The number of pyridine rings is 1. The summed E-state index contributed by atoms with van der Waals surface area (Å²) in [5.41, 5.74) is 4.00. The van der Waals surface area contributed by atoms with Crippen molar-refractivity contribution in [1.82, 2.24) is 19.4 Å². The summed E-state index contributed by atoms with van der Waals surface area (Å²) in [6, 6.07) is 13.3. The molecule has 39 heavy (non-hydrogen) atoms. The molecular weight excluding hydrogens is 533 g/mol. The summed E-state index contributed by atoms with van der Waals surface area (Å²) >= 11 is 12.7. The van der Waals surface area contributed by atoms with Gasteiger partial charge in [0.05, 0.1) is 26.7 Å². The summed E-state index contributed by atoms with van der Waals surface area (Å²) in [5.74, 6) is 0.298. The number of fused-ring (bicyclic) bond motifs is 1. The van der Waals surface area contributed by atoms with Crippen LogP contribution in [0.15, 0.2) is 53.6 Å². The normalized spacial score (nSPS) is 16.7. The van der Waals surface area contributed by atoms with Gasteiger partial charge in [-0.15, -0.1) is 0 Å². The van der Waals surface area contributed by atoms with Crippen molar-refractivity contribution in [3.05, 3.63) is 80.3 Å². The summed E-state index contributed by atoms with van der Waals surface area (Å²) in [6.45, 7) is 5.43. The Morgan fingerprint density at radius 2 is 1.79 bits per heavy atom. The van der Waals surface area contributed by atoms with Crippen LogP contribution in [0.1, 0.15) is 30.4 Å². The maximum absolute atomic E-state index is 13.3. The molecule has 0 atom stereocenters. The second-order valence-electron chi connectivity index (χ2n) is 10.4. The lowest BCUT2D eigenvalue weighted by Gasteiger charge is -2.55. The van der Waals surface area contributed by atoms with Crippen molar-refractivity contribution < 1.29 is 0 Å². The standard InChI is InChI=1S/C29H27Cl2N7O/c1-18-14-20(6-7-24(18)37-12-9-29(10-13-37)8-11-36(29)2)34-28-33-16-21-25(35-28)19(15-32)17-38(27(21)39)26-22(30)4-3-5-23(26)31/h3-7,14,16-17H,8-13H2,1-2H3,(H,33,34,35). The van der Waals surface area contributed by atoms with Crippen LogP contribution in [-0.4, -0.2) is 51.7 Å². The Labute approximate surface area is 236 Å². The number of rotatable bonds is 4. The molecule has 2 aliphatic heterocycles. The van der Waals surface area contributed by atoms with E-state index in [0.29, 0.717) is 27.2 Å². The lowest BCUT2D eigenvalue weighted by atomic mass is 9.77. The van der Waals surface area contributed by atoms with E-state index < -0.39 is 5.56 Å². The number of nitrogens with one attached hydrogen (secondary N) is 1. The van der Waals surface area contributed by atoms with Gasteiger partial charge >= 0.3 is 0 Å². The van der Waals surface area contributed by atoms with Crippen LogP contribution in [-0.2, 0) is 0 Å². The summed E-state index contributed by atoms with van der Waals surface area (Å²) in [4.78, 5) is 27.2. The van der Waals surface area contributed by atoms with E-state index in [0.717, 1.165) is 24.3 Å². The van der Waals surface area contributed by atoms with Crippen LogP contribution in [0.5, 0.6) is 0 Å². The van der Waals surface area contributed by atoms with E-state index in [9.17, 15) is 10.1 Å². The van der Waals surface area contributed by atoms with Crippen LogP contribution in [0.2, 0.25) is 10.0 Å². The van der Waals surface area contributed by atoms with E-state index in [4.69, 9.17) is 23.2 Å². The fraction of sp³-hybridized carbons (Fsp3) is 0.310. The SMILES string of the molecule is Cc1cc(Nc2ncc3c(=O)n(-c4c(Cl)cccc4Cl)cc(C#N)c3n2)ccc1N1CCC2(CC1)CCN2C. The molecular formula is C29H27Cl2N7O. The molecule has 1 N–H and O–H groups in total. The first-order valence-corrected chi connectivity index (χ1v) is 13.7. The molecule has 0 aliphatic carbocycles. The van der Waals surface area contributed by atoms with Crippen LogP contribution in [0.4, 0.5) is 17.3 Å². The van der Waals surface area contributed by atoms with E-state index in [-0.39, 0.29) is 16.5 Å². The Balaban J connectivity index is 1.27. The van der Waals surface area contributed by atoms with Gasteiger partial charge in [0.1, 0.15) is 11.6 Å². The van der Waals surface area contributed by atoms with Gasteiger partial charge < -0.3 is 15.1 Å².